The Morgan fingerprint density at radius 1 is 1.16 bits per heavy atom. The fourth-order valence-electron chi connectivity index (χ4n) is 1.38. The zero-order valence-corrected chi connectivity index (χ0v) is 10.7. The van der Waals surface area contributed by atoms with Gasteiger partial charge in [0.05, 0.1) is 24.0 Å². The summed E-state index contributed by atoms with van der Waals surface area (Å²) in [6.45, 7) is 0.481. The second-order valence-electron chi connectivity index (χ2n) is 4.05. The van der Waals surface area contributed by atoms with Gasteiger partial charge in [-0.3, -0.25) is 14.8 Å². The van der Waals surface area contributed by atoms with Crippen molar-refractivity contribution in [2.24, 2.45) is 0 Å². The van der Waals surface area contributed by atoms with E-state index in [9.17, 15) is 4.79 Å². The smallest absolute Gasteiger partial charge is 0.256 e. The molecule has 2 aromatic rings. The highest BCUT2D eigenvalue weighted by Crippen LogP contribution is 2.03. The van der Waals surface area contributed by atoms with E-state index in [2.05, 4.69) is 25.3 Å². The summed E-state index contributed by atoms with van der Waals surface area (Å²) in [6, 6.07) is 0. The van der Waals surface area contributed by atoms with Crippen LogP contribution in [0, 0.1) is 0 Å². The fraction of sp³-hybridized carbons (Fsp3) is 0.250. The van der Waals surface area contributed by atoms with Crippen molar-refractivity contribution in [1.82, 2.24) is 24.8 Å². The third-order valence-corrected chi connectivity index (χ3v) is 2.35. The molecule has 0 atom stereocenters. The van der Waals surface area contributed by atoms with Crippen LogP contribution < -0.4 is 5.32 Å². The van der Waals surface area contributed by atoms with Gasteiger partial charge in [-0.1, -0.05) is 0 Å². The van der Waals surface area contributed by atoms with Gasteiger partial charge >= 0.3 is 0 Å². The van der Waals surface area contributed by atoms with Crippen molar-refractivity contribution in [1.29, 1.82) is 0 Å². The van der Waals surface area contributed by atoms with E-state index in [-0.39, 0.29) is 5.91 Å². The molecule has 0 fully saturated rings. The second-order valence-corrected chi connectivity index (χ2v) is 4.05. The molecule has 7 heteroatoms. The topological polar surface area (TPSA) is 83.9 Å². The van der Waals surface area contributed by atoms with Crippen LogP contribution >= 0.6 is 0 Å². The molecule has 0 bridgehead atoms. The average Bonchev–Trinajstić information content (AvgIpc) is 2.46. The minimum absolute atomic E-state index is 0.125. The lowest BCUT2D eigenvalue weighted by molar-refractivity contribution is 0.0827. The summed E-state index contributed by atoms with van der Waals surface area (Å²) in [6.07, 6.45) is 7.89. The summed E-state index contributed by atoms with van der Waals surface area (Å²) in [5.74, 6) is 0.321. The summed E-state index contributed by atoms with van der Waals surface area (Å²) in [7, 11) is 3.37. The summed E-state index contributed by atoms with van der Waals surface area (Å²) >= 11 is 0. The molecule has 0 aliphatic rings. The van der Waals surface area contributed by atoms with Crippen LogP contribution in [0.5, 0.6) is 0 Å². The third kappa shape index (κ3) is 3.44. The van der Waals surface area contributed by atoms with Gasteiger partial charge in [-0.15, -0.1) is 0 Å². The van der Waals surface area contributed by atoms with Gasteiger partial charge in [0.2, 0.25) is 5.95 Å². The molecule has 0 saturated carbocycles. The molecule has 2 aromatic heterocycles. The van der Waals surface area contributed by atoms with E-state index in [1.54, 1.807) is 32.7 Å². The van der Waals surface area contributed by atoms with Crippen LogP contribution in [0.15, 0.2) is 31.0 Å². The lowest BCUT2D eigenvalue weighted by atomic mass is 10.3. The maximum atomic E-state index is 11.6. The normalized spacial score (nSPS) is 10.0. The van der Waals surface area contributed by atoms with Crippen LogP contribution in [-0.2, 0) is 6.54 Å². The van der Waals surface area contributed by atoms with Crippen molar-refractivity contribution >= 4 is 11.9 Å². The van der Waals surface area contributed by atoms with Crippen LogP contribution in [-0.4, -0.2) is 44.8 Å². The molecule has 0 aliphatic heterocycles. The standard InChI is InChI=1S/C12H14N6O/c1-18(2)11(19)9-5-15-12(16-6-9)17-8-10-7-13-3-4-14-10/h3-7H,8H2,1-2H3,(H,15,16,17). The number of carbonyl (C=O) groups is 1. The Bertz CT molecular complexity index is 540. The summed E-state index contributed by atoms with van der Waals surface area (Å²) in [5, 5.41) is 3.01. The molecule has 0 saturated heterocycles. The third-order valence-electron chi connectivity index (χ3n) is 2.35. The summed E-state index contributed by atoms with van der Waals surface area (Å²) < 4.78 is 0. The molecule has 0 unspecified atom stereocenters. The number of hydrogen-bond acceptors (Lipinski definition) is 6. The van der Waals surface area contributed by atoms with Gasteiger partial charge in [0.1, 0.15) is 0 Å². The molecule has 1 amide bonds. The van der Waals surface area contributed by atoms with Gasteiger partial charge in [0, 0.05) is 38.9 Å². The largest absolute Gasteiger partial charge is 0.349 e. The van der Waals surface area contributed by atoms with Gasteiger partial charge in [-0.05, 0) is 0 Å². The monoisotopic (exact) mass is 258 g/mol. The van der Waals surface area contributed by atoms with Crippen molar-refractivity contribution in [2.75, 3.05) is 19.4 Å². The predicted molar refractivity (Wildman–Crippen MR) is 69.4 cm³/mol. The van der Waals surface area contributed by atoms with Crippen molar-refractivity contribution in [3.8, 4) is 0 Å². The molecule has 7 nitrogen and oxygen atoms in total. The molecule has 0 aliphatic carbocycles. The summed E-state index contributed by atoms with van der Waals surface area (Å²) in [5.41, 5.74) is 1.24. The van der Waals surface area contributed by atoms with Gasteiger partial charge in [0.25, 0.3) is 5.91 Å². The molecule has 0 radical (unpaired) electrons. The highest BCUT2D eigenvalue weighted by Gasteiger charge is 2.08. The van der Waals surface area contributed by atoms with Gasteiger partial charge in [-0.25, -0.2) is 9.97 Å². The Kier molecular flexibility index (Phi) is 3.97. The van der Waals surface area contributed by atoms with Gasteiger partial charge < -0.3 is 10.2 Å². The number of nitrogens with zero attached hydrogens (tertiary/aromatic N) is 5. The number of rotatable bonds is 4. The predicted octanol–water partition coefficient (Wildman–Crippen LogP) is 0.580. The minimum Gasteiger partial charge on any atom is -0.349 e. The molecule has 19 heavy (non-hydrogen) atoms. The molecule has 0 aromatic carbocycles. The molecule has 2 rings (SSSR count). The highest BCUT2D eigenvalue weighted by atomic mass is 16.2. The minimum atomic E-state index is -0.125. The molecule has 2 heterocycles. The average molecular weight is 258 g/mol. The van der Waals surface area contributed by atoms with Crippen LogP contribution in [0.25, 0.3) is 0 Å². The first-order valence-electron chi connectivity index (χ1n) is 5.69. The van der Waals surface area contributed by atoms with Gasteiger partial charge in [0.15, 0.2) is 0 Å². The number of aromatic nitrogens is 4. The molecule has 0 spiro atoms. The Labute approximate surface area is 110 Å². The number of anilines is 1. The molecule has 98 valence electrons. The van der Waals surface area contributed by atoms with Crippen molar-refractivity contribution in [3.05, 3.63) is 42.2 Å². The van der Waals surface area contributed by atoms with Gasteiger partial charge in [-0.2, -0.15) is 0 Å². The highest BCUT2D eigenvalue weighted by molar-refractivity contribution is 5.93. The molecule has 1 N–H and O–H groups in total. The van der Waals surface area contributed by atoms with Crippen molar-refractivity contribution < 1.29 is 4.79 Å². The van der Waals surface area contributed by atoms with Crippen molar-refractivity contribution in [3.63, 3.8) is 0 Å². The zero-order valence-electron chi connectivity index (χ0n) is 10.7. The maximum absolute atomic E-state index is 11.6. The first kappa shape index (κ1) is 12.9. The van der Waals surface area contributed by atoms with E-state index in [1.807, 2.05) is 0 Å². The number of nitrogens with one attached hydrogen (secondary N) is 1. The van der Waals surface area contributed by atoms with Crippen LogP contribution in [0.1, 0.15) is 16.1 Å². The summed E-state index contributed by atoms with van der Waals surface area (Å²) in [4.78, 5) is 29.4. The molecular weight excluding hydrogens is 244 g/mol. The van der Waals surface area contributed by atoms with E-state index in [0.717, 1.165) is 5.69 Å². The Balaban J connectivity index is 1.98. The lowest BCUT2D eigenvalue weighted by Gasteiger charge is -2.09. The number of amides is 1. The molecular formula is C12H14N6O. The SMILES string of the molecule is CN(C)C(=O)c1cnc(NCc2cnccn2)nc1. The van der Waals surface area contributed by atoms with E-state index in [0.29, 0.717) is 18.1 Å². The Morgan fingerprint density at radius 2 is 1.89 bits per heavy atom. The zero-order chi connectivity index (χ0) is 13.7. The second kappa shape index (κ2) is 5.85. The first-order chi connectivity index (χ1) is 9.16. The first-order valence-corrected chi connectivity index (χ1v) is 5.69. The quantitative estimate of drug-likeness (QED) is 0.863. The van der Waals surface area contributed by atoms with E-state index >= 15 is 0 Å². The van der Waals surface area contributed by atoms with E-state index in [4.69, 9.17) is 0 Å². The Morgan fingerprint density at radius 3 is 2.47 bits per heavy atom. The maximum Gasteiger partial charge on any atom is 0.256 e. The number of carbonyl (C=O) groups excluding carboxylic acids is 1. The number of hydrogen-bond donors (Lipinski definition) is 1. The fourth-order valence-corrected chi connectivity index (χ4v) is 1.38. The van der Waals surface area contributed by atoms with E-state index in [1.165, 1.54) is 17.3 Å². The van der Waals surface area contributed by atoms with Crippen LogP contribution in [0.3, 0.4) is 0 Å². The Hall–Kier alpha value is -2.57. The van der Waals surface area contributed by atoms with Crippen LogP contribution in [0.2, 0.25) is 0 Å². The van der Waals surface area contributed by atoms with E-state index < -0.39 is 0 Å². The van der Waals surface area contributed by atoms with Crippen LogP contribution in [0.4, 0.5) is 5.95 Å². The lowest BCUT2D eigenvalue weighted by Crippen LogP contribution is -2.22. The van der Waals surface area contributed by atoms with Crippen molar-refractivity contribution in [2.45, 2.75) is 6.54 Å².